The Kier molecular flexibility index (Phi) is 4.00. The number of hydrogen-bond donors (Lipinski definition) is 2. The molecule has 3 nitrogen and oxygen atoms in total. The first-order chi connectivity index (χ1) is 9.30. The molecule has 0 radical (unpaired) electrons. The summed E-state index contributed by atoms with van der Waals surface area (Å²) in [7, 11) is 0. The van der Waals surface area contributed by atoms with Gasteiger partial charge < -0.3 is 10.1 Å². The third kappa shape index (κ3) is 2.93. The summed E-state index contributed by atoms with van der Waals surface area (Å²) in [6.07, 6.45) is 2.36. The van der Waals surface area contributed by atoms with Crippen LogP contribution in [0.15, 0.2) is 30.5 Å². The molecule has 0 amide bonds. The predicted molar refractivity (Wildman–Crippen MR) is 81.8 cm³/mol. The van der Waals surface area contributed by atoms with Crippen LogP contribution >= 0.6 is 0 Å². The summed E-state index contributed by atoms with van der Waals surface area (Å²) < 4.78 is 0. The largest absolute Gasteiger partial charge is 0.383 e. The van der Waals surface area contributed by atoms with E-state index < -0.39 is 5.60 Å². The van der Waals surface area contributed by atoms with Crippen LogP contribution in [0.3, 0.4) is 0 Å². The molecule has 108 valence electrons. The van der Waals surface area contributed by atoms with E-state index >= 15 is 0 Å². The van der Waals surface area contributed by atoms with Crippen LogP contribution in [-0.2, 0) is 4.79 Å². The van der Waals surface area contributed by atoms with Crippen LogP contribution in [0, 0.1) is 5.92 Å². The molecule has 0 aliphatic heterocycles. The van der Waals surface area contributed by atoms with Crippen LogP contribution in [-0.4, -0.2) is 21.5 Å². The maximum atomic E-state index is 12.2. The highest BCUT2D eigenvalue weighted by molar-refractivity contribution is 5.89. The fourth-order valence-electron chi connectivity index (χ4n) is 2.56. The van der Waals surface area contributed by atoms with Crippen molar-refractivity contribution in [2.75, 3.05) is 0 Å². The van der Waals surface area contributed by atoms with Gasteiger partial charge in [0.25, 0.3) is 0 Å². The first-order valence-electron chi connectivity index (χ1n) is 7.12. The first-order valence-corrected chi connectivity index (χ1v) is 7.12. The lowest BCUT2D eigenvalue weighted by Crippen LogP contribution is -2.32. The molecule has 2 aromatic rings. The Morgan fingerprint density at radius 2 is 1.95 bits per heavy atom. The van der Waals surface area contributed by atoms with Gasteiger partial charge in [-0.15, -0.1) is 0 Å². The van der Waals surface area contributed by atoms with E-state index in [0.717, 1.165) is 16.5 Å². The predicted octanol–water partition coefficient (Wildman–Crippen LogP) is 3.64. The van der Waals surface area contributed by atoms with Gasteiger partial charge in [-0.1, -0.05) is 32.0 Å². The fourth-order valence-corrected chi connectivity index (χ4v) is 2.56. The number of nitrogens with one attached hydrogen (secondary N) is 1. The quantitative estimate of drug-likeness (QED) is 0.874. The van der Waals surface area contributed by atoms with Crippen LogP contribution in [0.5, 0.6) is 0 Å². The number of aromatic nitrogens is 1. The van der Waals surface area contributed by atoms with E-state index in [1.54, 1.807) is 13.8 Å². The number of ketones is 1. The number of fused-ring (bicyclic) bond motifs is 1. The summed E-state index contributed by atoms with van der Waals surface area (Å²) in [6.45, 7) is 7.35. The zero-order chi connectivity index (χ0) is 14.9. The van der Waals surface area contributed by atoms with Crippen molar-refractivity contribution in [3.63, 3.8) is 0 Å². The summed E-state index contributed by atoms with van der Waals surface area (Å²) in [5.41, 5.74) is 0.983. The molecule has 0 saturated carbocycles. The lowest BCUT2D eigenvalue weighted by Gasteiger charge is -2.24. The summed E-state index contributed by atoms with van der Waals surface area (Å²) in [5.74, 6) is 0.340. The molecule has 3 heteroatoms. The second-order valence-electron chi connectivity index (χ2n) is 6.33. The highest BCUT2D eigenvalue weighted by Crippen LogP contribution is 2.34. The Labute approximate surface area is 120 Å². The maximum Gasteiger partial charge on any atom is 0.164 e. The van der Waals surface area contributed by atoms with Gasteiger partial charge in [0.1, 0.15) is 5.60 Å². The molecule has 2 N–H and O–H groups in total. The topological polar surface area (TPSA) is 53.1 Å². The monoisotopic (exact) mass is 273 g/mol. The number of rotatable bonds is 5. The molecule has 0 fully saturated rings. The number of para-hydroxylation sites is 1. The smallest absolute Gasteiger partial charge is 0.164 e. The minimum atomic E-state index is -1.26. The third-order valence-electron chi connectivity index (χ3n) is 3.91. The van der Waals surface area contributed by atoms with Crippen LogP contribution in [0.4, 0.5) is 0 Å². The van der Waals surface area contributed by atoms with Gasteiger partial charge in [-0.05, 0) is 37.3 Å². The molecule has 0 saturated heterocycles. The van der Waals surface area contributed by atoms with Crippen molar-refractivity contribution in [3.8, 4) is 0 Å². The molecule has 1 heterocycles. The van der Waals surface area contributed by atoms with Crippen molar-refractivity contribution in [2.45, 2.75) is 45.6 Å². The highest BCUT2D eigenvalue weighted by Gasteiger charge is 2.29. The van der Waals surface area contributed by atoms with E-state index in [1.807, 2.05) is 24.4 Å². The van der Waals surface area contributed by atoms with Crippen molar-refractivity contribution in [1.82, 2.24) is 4.98 Å². The van der Waals surface area contributed by atoms with Crippen molar-refractivity contribution in [2.24, 2.45) is 5.92 Å². The molecule has 1 aromatic carbocycles. The SMILES string of the molecule is CC(C)[C@H](CC(=O)C(C)(C)O)c1c[nH]c2ccccc12. The summed E-state index contributed by atoms with van der Waals surface area (Å²) in [5, 5.41) is 11.0. The summed E-state index contributed by atoms with van der Waals surface area (Å²) in [6, 6.07) is 8.11. The molecule has 0 spiro atoms. The normalized spacial score (nSPS) is 13.9. The maximum absolute atomic E-state index is 12.2. The molecular formula is C17H23NO2. The Morgan fingerprint density at radius 3 is 2.55 bits per heavy atom. The number of aromatic amines is 1. The molecule has 20 heavy (non-hydrogen) atoms. The van der Waals surface area contributed by atoms with Gasteiger partial charge in [-0.3, -0.25) is 4.79 Å². The standard InChI is InChI=1S/C17H23NO2/c1-11(2)13(9-16(19)17(3,4)20)14-10-18-15-8-6-5-7-12(14)15/h5-8,10-11,13,18,20H,9H2,1-4H3/t13-/m0/s1. The van der Waals surface area contributed by atoms with Gasteiger partial charge in [0.15, 0.2) is 5.78 Å². The number of carbonyl (C=O) groups excluding carboxylic acids is 1. The van der Waals surface area contributed by atoms with E-state index in [2.05, 4.69) is 24.9 Å². The van der Waals surface area contributed by atoms with Gasteiger partial charge in [-0.25, -0.2) is 0 Å². The number of hydrogen-bond acceptors (Lipinski definition) is 2. The summed E-state index contributed by atoms with van der Waals surface area (Å²) >= 11 is 0. The van der Waals surface area contributed by atoms with E-state index in [0.29, 0.717) is 12.3 Å². The lowest BCUT2D eigenvalue weighted by atomic mass is 9.81. The van der Waals surface area contributed by atoms with Crippen molar-refractivity contribution in [1.29, 1.82) is 0 Å². The Bertz CT molecular complexity index is 605. The molecule has 0 aliphatic carbocycles. The second kappa shape index (κ2) is 5.41. The zero-order valence-electron chi connectivity index (χ0n) is 12.6. The number of benzene rings is 1. The molecule has 1 atom stereocenters. The van der Waals surface area contributed by atoms with E-state index in [9.17, 15) is 9.90 Å². The highest BCUT2D eigenvalue weighted by atomic mass is 16.3. The van der Waals surface area contributed by atoms with Gasteiger partial charge in [0.05, 0.1) is 0 Å². The minimum absolute atomic E-state index is 0.110. The molecule has 2 rings (SSSR count). The molecule has 0 unspecified atom stereocenters. The number of H-pyrrole nitrogens is 1. The number of aliphatic hydroxyl groups is 1. The van der Waals surface area contributed by atoms with Gasteiger partial charge in [0.2, 0.25) is 0 Å². The lowest BCUT2D eigenvalue weighted by molar-refractivity contribution is -0.134. The first kappa shape index (κ1) is 14.8. The third-order valence-corrected chi connectivity index (χ3v) is 3.91. The van der Waals surface area contributed by atoms with Crippen LogP contribution in [0.2, 0.25) is 0 Å². The Morgan fingerprint density at radius 1 is 1.30 bits per heavy atom. The van der Waals surface area contributed by atoms with E-state index in [-0.39, 0.29) is 11.7 Å². The van der Waals surface area contributed by atoms with Crippen molar-refractivity contribution < 1.29 is 9.90 Å². The van der Waals surface area contributed by atoms with E-state index in [1.165, 1.54) is 0 Å². The number of Topliss-reactive ketones (excluding diaryl/α,β-unsaturated/α-hetero) is 1. The molecule has 0 bridgehead atoms. The average molecular weight is 273 g/mol. The Balaban J connectivity index is 2.37. The Hall–Kier alpha value is -1.61. The van der Waals surface area contributed by atoms with Gasteiger partial charge in [0, 0.05) is 23.5 Å². The van der Waals surface area contributed by atoms with Crippen molar-refractivity contribution >= 4 is 16.7 Å². The van der Waals surface area contributed by atoms with Gasteiger partial charge in [-0.2, -0.15) is 0 Å². The van der Waals surface area contributed by atoms with Gasteiger partial charge >= 0.3 is 0 Å². The minimum Gasteiger partial charge on any atom is -0.383 e. The van der Waals surface area contributed by atoms with Crippen LogP contribution < -0.4 is 0 Å². The van der Waals surface area contributed by atoms with E-state index in [4.69, 9.17) is 0 Å². The van der Waals surface area contributed by atoms with Crippen LogP contribution in [0.25, 0.3) is 10.9 Å². The van der Waals surface area contributed by atoms with Crippen molar-refractivity contribution in [3.05, 3.63) is 36.0 Å². The zero-order valence-corrected chi connectivity index (χ0v) is 12.6. The molecule has 0 aliphatic rings. The molecule has 1 aromatic heterocycles. The number of carbonyl (C=O) groups is 1. The van der Waals surface area contributed by atoms with Crippen LogP contribution in [0.1, 0.15) is 45.6 Å². The molecular weight excluding hydrogens is 250 g/mol. The summed E-state index contributed by atoms with van der Waals surface area (Å²) in [4.78, 5) is 15.4. The fraction of sp³-hybridized carbons (Fsp3) is 0.471. The second-order valence-corrected chi connectivity index (χ2v) is 6.33. The average Bonchev–Trinajstić information content (AvgIpc) is 2.77.